The smallest absolute Gasteiger partial charge is 0.257 e. The molecule has 2 aromatic rings. The first-order valence-corrected chi connectivity index (χ1v) is 5.97. The molecule has 0 radical (unpaired) electrons. The van der Waals surface area contributed by atoms with Gasteiger partial charge in [0.15, 0.2) is 10.2 Å². The molecule has 0 bridgehead atoms. The lowest BCUT2D eigenvalue weighted by molar-refractivity contribution is -0.380. The Morgan fingerprint density at radius 3 is 3.00 bits per heavy atom. The van der Waals surface area contributed by atoms with Crippen molar-refractivity contribution in [1.82, 2.24) is 19.2 Å². The first kappa shape index (κ1) is 11.0. The van der Waals surface area contributed by atoms with E-state index in [-0.39, 0.29) is 5.00 Å². The van der Waals surface area contributed by atoms with Crippen molar-refractivity contribution in [2.75, 3.05) is 0 Å². The van der Waals surface area contributed by atoms with Gasteiger partial charge in [0, 0.05) is 18.4 Å². The summed E-state index contributed by atoms with van der Waals surface area (Å²) in [6, 6.07) is 0. The molecule has 7 nitrogen and oxygen atoms in total. The number of thiazole rings is 1. The zero-order valence-electron chi connectivity index (χ0n) is 8.23. The van der Waals surface area contributed by atoms with E-state index in [1.807, 2.05) is 6.92 Å². The van der Waals surface area contributed by atoms with Crippen molar-refractivity contribution in [1.29, 1.82) is 0 Å². The number of aryl methyl sites for hydroxylation is 1. The van der Waals surface area contributed by atoms with E-state index in [9.17, 15) is 10.1 Å². The van der Waals surface area contributed by atoms with Crippen molar-refractivity contribution in [3.63, 3.8) is 0 Å². The monoisotopic (exact) mass is 257 g/mol. The van der Waals surface area contributed by atoms with E-state index in [0.29, 0.717) is 4.34 Å². The zero-order chi connectivity index (χ0) is 11.5. The van der Waals surface area contributed by atoms with Crippen LogP contribution in [0.25, 0.3) is 0 Å². The number of nitrogens with zero attached hydrogens (tertiary/aromatic N) is 5. The fourth-order valence-electron chi connectivity index (χ4n) is 0.944. The summed E-state index contributed by atoms with van der Waals surface area (Å²) in [6.07, 6.45) is 3.56. The summed E-state index contributed by atoms with van der Waals surface area (Å²) >= 11 is 2.22. The van der Waals surface area contributed by atoms with Gasteiger partial charge in [0.05, 0.1) is 4.92 Å². The van der Waals surface area contributed by atoms with E-state index in [1.165, 1.54) is 18.1 Å². The molecule has 0 aromatic carbocycles. The van der Waals surface area contributed by atoms with Crippen molar-refractivity contribution in [3.8, 4) is 0 Å². The van der Waals surface area contributed by atoms with Crippen molar-refractivity contribution < 1.29 is 4.92 Å². The van der Waals surface area contributed by atoms with E-state index in [1.54, 1.807) is 10.4 Å². The van der Waals surface area contributed by atoms with Gasteiger partial charge >= 0.3 is 5.00 Å². The fraction of sp³-hybridized carbons (Fsp3) is 0.286. The predicted molar refractivity (Wildman–Crippen MR) is 59.4 cm³/mol. The molecule has 0 fully saturated rings. The maximum absolute atomic E-state index is 10.4. The summed E-state index contributed by atoms with van der Waals surface area (Å²) < 4.78 is 2.11. The van der Waals surface area contributed by atoms with E-state index in [4.69, 9.17) is 0 Å². The topological polar surface area (TPSA) is 86.7 Å². The third-order valence-electron chi connectivity index (χ3n) is 1.66. The molecule has 0 aliphatic heterocycles. The molecule has 0 unspecified atom stereocenters. The van der Waals surface area contributed by atoms with Crippen LogP contribution in [0.15, 0.2) is 16.9 Å². The minimum Gasteiger partial charge on any atom is -0.257 e. The summed E-state index contributed by atoms with van der Waals surface area (Å²) in [5, 5.41) is 14.6. The molecule has 2 aromatic heterocycles. The molecule has 0 saturated heterocycles. The molecule has 2 rings (SSSR count). The van der Waals surface area contributed by atoms with Gasteiger partial charge in [-0.3, -0.25) is 10.1 Å². The Labute approximate surface area is 98.8 Å². The van der Waals surface area contributed by atoms with Crippen LogP contribution >= 0.6 is 23.3 Å². The molecule has 0 atom stereocenters. The average Bonchev–Trinajstić information content (AvgIpc) is 2.87. The summed E-state index contributed by atoms with van der Waals surface area (Å²) in [6.45, 7) is 1.96. The number of hydrogen-bond donors (Lipinski definition) is 0. The lowest BCUT2D eigenvalue weighted by atomic mass is 10.5. The molecule has 84 valence electrons. The van der Waals surface area contributed by atoms with Crippen molar-refractivity contribution in [2.24, 2.45) is 0 Å². The van der Waals surface area contributed by atoms with Gasteiger partial charge in [-0.1, -0.05) is 6.92 Å². The Kier molecular flexibility index (Phi) is 3.15. The van der Waals surface area contributed by atoms with Gasteiger partial charge in [-0.25, -0.2) is 9.97 Å². The molecular weight excluding hydrogens is 250 g/mol. The Bertz CT molecular complexity index is 508. The number of nitro groups is 1. The van der Waals surface area contributed by atoms with Crippen LogP contribution in [-0.2, 0) is 6.42 Å². The molecule has 2 heterocycles. The van der Waals surface area contributed by atoms with Crippen LogP contribution in [0.4, 0.5) is 5.00 Å². The summed E-state index contributed by atoms with van der Waals surface area (Å²) in [7, 11) is 0. The predicted octanol–water partition coefficient (Wildman–Crippen LogP) is 1.76. The molecule has 0 spiro atoms. The van der Waals surface area contributed by atoms with Crippen LogP contribution in [0.2, 0.25) is 0 Å². The van der Waals surface area contributed by atoms with Crippen molar-refractivity contribution >= 4 is 28.3 Å². The van der Waals surface area contributed by atoms with Gasteiger partial charge in [0.2, 0.25) is 0 Å². The van der Waals surface area contributed by atoms with E-state index < -0.39 is 4.92 Å². The lowest BCUT2D eigenvalue weighted by Gasteiger charge is -1.92. The molecule has 0 aliphatic rings. The molecule has 0 amide bonds. The van der Waals surface area contributed by atoms with Gasteiger partial charge in [-0.2, -0.15) is 4.09 Å². The van der Waals surface area contributed by atoms with Gasteiger partial charge in [-0.15, -0.1) is 5.10 Å². The van der Waals surface area contributed by atoms with Crippen LogP contribution in [0.1, 0.15) is 12.7 Å². The van der Waals surface area contributed by atoms with Crippen molar-refractivity contribution in [3.05, 3.63) is 28.5 Å². The zero-order valence-corrected chi connectivity index (χ0v) is 9.86. The van der Waals surface area contributed by atoms with Crippen LogP contribution < -0.4 is 0 Å². The third kappa shape index (κ3) is 2.36. The van der Waals surface area contributed by atoms with Crippen LogP contribution in [0, 0.1) is 10.1 Å². The van der Waals surface area contributed by atoms with Gasteiger partial charge in [0.25, 0.3) is 0 Å². The third-order valence-corrected chi connectivity index (χ3v) is 3.50. The van der Waals surface area contributed by atoms with E-state index in [0.717, 1.165) is 23.6 Å². The molecular formula is C7H7N5O2S2. The standard InChI is InChI=1S/C7H7N5O2S2/c1-2-5-9-4-11(10-5)16-7-8-3-6(15-7)12(13)14/h3-4H,2H2,1H3. The lowest BCUT2D eigenvalue weighted by Crippen LogP contribution is -1.88. The molecule has 16 heavy (non-hydrogen) atoms. The molecule has 0 N–H and O–H groups in total. The highest BCUT2D eigenvalue weighted by molar-refractivity contribution is 7.99. The molecule has 9 heteroatoms. The van der Waals surface area contributed by atoms with Crippen LogP contribution in [-0.4, -0.2) is 24.1 Å². The maximum atomic E-state index is 10.4. The summed E-state index contributed by atoms with van der Waals surface area (Å²) in [5.41, 5.74) is 0. The summed E-state index contributed by atoms with van der Waals surface area (Å²) in [4.78, 5) is 18.0. The molecule has 0 saturated carbocycles. The van der Waals surface area contributed by atoms with Gasteiger partial charge in [-0.05, 0) is 11.3 Å². The van der Waals surface area contributed by atoms with Gasteiger partial charge in [0.1, 0.15) is 12.5 Å². The fourth-order valence-corrected chi connectivity index (χ4v) is 2.53. The number of hydrogen-bond acceptors (Lipinski definition) is 7. The second-order valence-electron chi connectivity index (χ2n) is 2.73. The van der Waals surface area contributed by atoms with Crippen LogP contribution in [0.5, 0.6) is 0 Å². The Balaban J connectivity index is 2.11. The summed E-state index contributed by atoms with van der Waals surface area (Å²) in [5.74, 6) is 0.735. The van der Waals surface area contributed by atoms with E-state index in [2.05, 4.69) is 15.1 Å². The highest BCUT2D eigenvalue weighted by Crippen LogP contribution is 2.29. The van der Waals surface area contributed by atoms with Crippen LogP contribution in [0.3, 0.4) is 0 Å². The quantitative estimate of drug-likeness (QED) is 0.612. The van der Waals surface area contributed by atoms with Crippen molar-refractivity contribution in [2.45, 2.75) is 17.7 Å². The Morgan fingerprint density at radius 2 is 2.44 bits per heavy atom. The number of rotatable bonds is 4. The highest BCUT2D eigenvalue weighted by Gasteiger charge is 2.12. The largest absolute Gasteiger partial charge is 0.344 e. The van der Waals surface area contributed by atoms with E-state index >= 15 is 0 Å². The Morgan fingerprint density at radius 1 is 1.62 bits per heavy atom. The Hall–Kier alpha value is -1.48. The SMILES string of the molecule is CCc1ncn(Sc2ncc([N+](=O)[O-])s2)n1. The maximum Gasteiger partial charge on any atom is 0.344 e. The average molecular weight is 257 g/mol. The van der Waals surface area contributed by atoms with Gasteiger partial charge < -0.3 is 0 Å². The normalized spacial score (nSPS) is 10.6. The highest BCUT2D eigenvalue weighted by atomic mass is 32.2. The first-order chi connectivity index (χ1) is 7.69. The minimum atomic E-state index is -0.458. The minimum absolute atomic E-state index is 0.0262. The molecule has 0 aliphatic carbocycles. The second-order valence-corrected chi connectivity index (χ2v) is 4.94. The first-order valence-electron chi connectivity index (χ1n) is 4.38. The second kappa shape index (κ2) is 4.58. The number of aromatic nitrogens is 4.